The van der Waals surface area contributed by atoms with Gasteiger partial charge < -0.3 is 25.1 Å². The monoisotopic (exact) mass is 397 g/mol. The molecule has 1 aromatic heterocycles. The summed E-state index contributed by atoms with van der Waals surface area (Å²) in [6.45, 7) is 1.15. The molecule has 0 saturated carbocycles. The molecule has 3 aromatic rings. The Balaban J connectivity index is 1.78. The van der Waals surface area contributed by atoms with Gasteiger partial charge in [-0.1, -0.05) is 12.1 Å². The van der Waals surface area contributed by atoms with E-state index in [9.17, 15) is 14.4 Å². The number of para-hydroxylation sites is 1. The standard InChI is InChI=1S/C19H19N5O5/c1-11(26)17(24-23-14-4-2-3-5-16(14)29-9-8-25)18(27)20-12-6-7-13-15(10-12)22-19(28)21-13/h2-7,10,17,25H,8-9H2,1H3,(H,20,27)(H2,21,22,28). The lowest BCUT2D eigenvalue weighted by molar-refractivity contribution is -0.126. The molecule has 29 heavy (non-hydrogen) atoms. The number of H-pyrrole nitrogens is 2. The van der Waals surface area contributed by atoms with Crippen LogP contribution in [0.15, 0.2) is 57.5 Å². The quantitative estimate of drug-likeness (QED) is 0.338. The minimum absolute atomic E-state index is 0.0763. The molecular weight excluding hydrogens is 378 g/mol. The highest BCUT2D eigenvalue weighted by atomic mass is 16.5. The number of aliphatic hydroxyl groups is 1. The molecular formula is C19H19N5O5. The summed E-state index contributed by atoms with van der Waals surface area (Å²) in [6.07, 6.45) is 0. The van der Waals surface area contributed by atoms with Crippen LogP contribution in [-0.4, -0.2) is 46.0 Å². The summed E-state index contributed by atoms with van der Waals surface area (Å²) in [5, 5.41) is 19.4. The van der Waals surface area contributed by atoms with Crippen molar-refractivity contribution in [3.8, 4) is 5.75 Å². The largest absolute Gasteiger partial charge is 0.489 e. The number of Topliss-reactive ketones (excluding diaryl/α,β-unsaturated/α-hetero) is 1. The van der Waals surface area contributed by atoms with Crippen molar-refractivity contribution in [1.29, 1.82) is 0 Å². The third-order valence-electron chi connectivity index (χ3n) is 3.91. The van der Waals surface area contributed by atoms with Crippen LogP contribution >= 0.6 is 0 Å². The van der Waals surface area contributed by atoms with Crippen LogP contribution in [0.5, 0.6) is 5.75 Å². The Morgan fingerprint density at radius 3 is 2.69 bits per heavy atom. The number of azo groups is 1. The second-order valence-electron chi connectivity index (χ2n) is 6.10. The van der Waals surface area contributed by atoms with E-state index in [2.05, 4.69) is 25.5 Å². The van der Waals surface area contributed by atoms with Gasteiger partial charge in [-0.25, -0.2) is 4.79 Å². The van der Waals surface area contributed by atoms with Gasteiger partial charge in [-0.15, -0.1) is 0 Å². The van der Waals surface area contributed by atoms with Crippen LogP contribution in [0.4, 0.5) is 11.4 Å². The zero-order valence-electron chi connectivity index (χ0n) is 15.5. The van der Waals surface area contributed by atoms with Gasteiger partial charge in [-0.05, 0) is 37.3 Å². The van der Waals surface area contributed by atoms with E-state index >= 15 is 0 Å². The molecule has 4 N–H and O–H groups in total. The van der Waals surface area contributed by atoms with Crippen molar-refractivity contribution in [2.45, 2.75) is 13.0 Å². The molecule has 1 amide bonds. The number of aromatic nitrogens is 2. The van der Waals surface area contributed by atoms with Gasteiger partial charge in [0, 0.05) is 5.69 Å². The summed E-state index contributed by atoms with van der Waals surface area (Å²) >= 11 is 0. The minimum atomic E-state index is -1.36. The van der Waals surface area contributed by atoms with E-state index in [0.717, 1.165) is 0 Å². The first kappa shape index (κ1) is 20.0. The lowest BCUT2D eigenvalue weighted by Gasteiger charge is -2.10. The summed E-state index contributed by atoms with van der Waals surface area (Å²) < 4.78 is 5.36. The van der Waals surface area contributed by atoms with Gasteiger partial charge in [-0.2, -0.15) is 10.2 Å². The zero-order valence-corrected chi connectivity index (χ0v) is 15.5. The normalized spacial score (nSPS) is 12.2. The van der Waals surface area contributed by atoms with E-state index in [1.807, 2.05) is 0 Å². The SMILES string of the molecule is CC(=O)C(N=Nc1ccccc1OCCO)C(=O)Nc1ccc2[nH]c(=O)[nH]c2c1. The van der Waals surface area contributed by atoms with Gasteiger partial charge >= 0.3 is 5.69 Å². The van der Waals surface area contributed by atoms with E-state index in [-0.39, 0.29) is 18.9 Å². The number of amides is 1. The number of imidazole rings is 1. The van der Waals surface area contributed by atoms with Gasteiger partial charge in [0.2, 0.25) is 6.04 Å². The third kappa shape index (κ3) is 4.93. The van der Waals surface area contributed by atoms with E-state index < -0.39 is 17.7 Å². The molecule has 0 fully saturated rings. The molecule has 1 unspecified atom stereocenters. The van der Waals surface area contributed by atoms with Gasteiger partial charge in [0.15, 0.2) is 5.78 Å². The van der Waals surface area contributed by atoms with Crippen molar-refractivity contribution in [3.05, 3.63) is 52.9 Å². The maximum Gasteiger partial charge on any atom is 0.323 e. The zero-order chi connectivity index (χ0) is 20.8. The van der Waals surface area contributed by atoms with E-state index in [1.54, 1.807) is 42.5 Å². The van der Waals surface area contributed by atoms with Crippen molar-refractivity contribution < 1.29 is 19.4 Å². The molecule has 0 spiro atoms. The molecule has 150 valence electrons. The molecule has 10 nitrogen and oxygen atoms in total. The maximum absolute atomic E-state index is 12.5. The summed E-state index contributed by atoms with van der Waals surface area (Å²) in [5.41, 5.74) is 1.47. The van der Waals surface area contributed by atoms with Crippen LogP contribution in [0.2, 0.25) is 0 Å². The molecule has 0 aliphatic rings. The predicted octanol–water partition coefficient (Wildman–Crippen LogP) is 1.91. The van der Waals surface area contributed by atoms with Crippen molar-refractivity contribution in [1.82, 2.24) is 9.97 Å². The van der Waals surface area contributed by atoms with Gasteiger partial charge in [0.1, 0.15) is 18.0 Å². The number of aliphatic hydroxyl groups excluding tert-OH is 1. The number of anilines is 1. The van der Waals surface area contributed by atoms with Crippen LogP contribution in [0, 0.1) is 0 Å². The van der Waals surface area contributed by atoms with Crippen LogP contribution in [0.1, 0.15) is 6.92 Å². The summed E-state index contributed by atoms with van der Waals surface area (Å²) in [7, 11) is 0. The number of hydrogen-bond donors (Lipinski definition) is 4. The van der Waals surface area contributed by atoms with Crippen molar-refractivity contribution in [2.75, 3.05) is 18.5 Å². The smallest absolute Gasteiger partial charge is 0.323 e. The topological polar surface area (TPSA) is 149 Å². The number of hydrogen-bond acceptors (Lipinski definition) is 7. The molecule has 0 radical (unpaired) electrons. The van der Waals surface area contributed by atoms with Crippen molar-refractivity contribution >= 4 is 34.1 Å². The minimum Gasteiger partial charge on any atom is -0.489 e. The Kier molecular flexibility index (Phi) is 6.15. The molecule has 10 heteroatoms. The summed E-state index contributed by atoms with van der Waals surface area (Å²) in [4.78, 5) is 41.0. The molecule has 0 saturated heterocycles. The second-order valence-corrected chi connectivity index (χ2v) is 6.10. The van der Waals surface area contributed by atoms with Gasteiger partial charge in [0.25, 0.3) is 5.91 Å². The number of carbonyl (C=O) groups is 2. The lowest BCUT2D eigenvalue weighted by atomic mass is 10.2. The summed E-state index contributed by atoms with van der Waals surface area (Å²) in [5.74, 6) is -0.779. The van der Waals surface area contributed by atoms with Gasteiger partial charge in [-0.3, -0.25) is 9.59 Å². The van der Waals surface area contributed by atoms with Crippen molar-refractivity contribution in [3.63, 3.8) is 0 Å². The molecule has 1 atom stereocenters. The number of nitrogens with zero attached hydrogens (tertiary/aromatic N) is 2. The van der Waals surface area contributed by atoms with E-state index in [1.165, 1.54) is 6.92 Å². The number of ketones is 1. The number of nitrogens with one attached hydrogen (secondary N) is 3. The molecule has 2 aromatic carbocycles. The Bertz CT molecular complexity index is 1120. The highest BCUT2D eigenvalue weighted by Gasteiger charge is 2.23. The first-order chi connectivity index (χ1) is 14.0. The fourth-order valence-electron chi connectivity index (χ4n) is 2.58. The Morgan fingerprint density at radius 2 is 1.93 bits per heavy atom. The number of aromatic amines is 2. The maximum atomic E-state index is 12.5. The Morgan fingerprint density at radius 1 is 1.17 bits per heavy atom. The first-order valence-electron chi connectivity index (χ1n) is 8.75. The number of fused-ring (bicyclic) bond motifs is 1. The average molecular weight is 397 g/mol. The molecule has 3 rings (SSSR count). The predicted molar refractivity (Wildman–Crippen MR) is 106 cm³/mol. The van der Waals surface area contributed by atoms with Gasteiger partial charge in [0.05, 0.1) is 17.6 Å². The highest BCUT2D eigenvalue weighted by Crippen LogP contribution is 2.27. The van der Waals surface area contributed by atoms with Crippen LogP contribution < -0.4 is 15.7 Å². The van der Waals surface area contributed by atoms with Crippen molar-refractivity contribution in [2.24, 2.45) is 10.2 Å². The summed E-state index contributed by atoms with van der Waals surface area (Å²) in [6, 6.07) is 10.1. The van der Waals surface area contributed by atoms with E-state index in [4.69, 9.17) is 9.84 Å². The van der Waals surface area contributed by atoms with Crippen LogP contribution in [-0.2, 0) is 9.59 Å². The number of carbonyl (C=O) groups excluding carboxylic acids is 2. The molecule has 0 aliphatic heterocycles. The average Bonchev–Trinajstić information content (AvgIpc) is 3.06. The Labute approximate surface area is 164 Å². The number of benzene rings is 2. The fourth-order valence-corrected chi connectivity index (χ4v) is 2.58. The van der Waals surface area contributed by atoms with E-state index in [0.29, 0.717) is 28.2 Å². The number of ether oxygens (including phenoxy) is 1. The van der Waals surface area contributed by atoms with Crippen LogP contribution in [0.3, 0.4) is 0 Å². The second kappa shape index (κ2) is 8.93. The Hall–Kier alpha value is -3.79. The molecule has 0 bridgehead atoms. The number of rotatable bonds is 8. The molecule has 0 aliphatic carbocycles. The highest BCUT2D eigenvalue weighted by molar-refractivity contribution is 6.10. The lowest BCUT2D eigenvalue weighted by Crippen LogP contribution is -2.31. The van der Waals surface area contributed by atoms with Crippen LogP contribution in [0.25, 0.3) is 11.0 Å². The fraction of sp³-hybridized carbons (Fsp3) is 0.211. The third-order valence-corrected chi connectivity index (χ3v) is 3.91. The first-order valence-corrected chi connectivity index (χ1v) is 8.75. The molecule has 1 heterocycles.